The van der Waals surface area contributed by atoms with E-state index in [1.54, 1.807) is 23.9 Å². The van der Waals surface area contributed by atoms with Gasteiger partial charge in [0.2, 0.25) is 0 Å². The van der Waals surface area contributed by atoms with Crippen molar-refractivity contribution in [3.8, 4) is 0 Å². The van der Waals surface area contributed by atoms with Crippen LogP contribution in [0.1, 0.15) is 18.5 Å². The molecular formula is C15H20N4O2. The van der Waals surface area contributed by atoms with Crippen LogP contribution in [0, 0.1) is 5.92 Å². The topological polar surface area (TPSA) is 64.7 Å². The molecule has 1 aromatic rings. The molecule has 4 atom stereocenters. The van der Waals surface area contributed by atoms with Crippen molar-refractivity contribution in [2.24, 2.45) is 5.92 Å². The maximum Gasteiger partial charge on any atom is 0.319 e. The lowest BCUT2D eigenvalue weighted by atomic mass is 9.81. The lowest BCUT2D eigenvalue weighted by Gasteiger charge is -2.52. The van der Waals surface area contributed by atoms with Crippen LogP contribution in [0.3, 0.4) is 0 Å². The number of nitrogens with one attached hydrogen (secondary N) is 2. The van der Waals surface area contributed by atoms with Crippen LogP contribution in [-0.4, -0.2) is 48.2 Å². The molecule has 0 spiro atoms. The molecule has 21 heavy (non-hydrogen) atoms. The lowest BCUT2D eigenvalue weighted by molar-refractivity contribution is 0.0248. The SMILES string of the molecule is C[C@@H]1NC(=O)N(C)[C@@H]2NC(=O)N(C)[C@H](c3ccccc3)[C@H]12. The minimum Gasteiger partial charge on any atom is -0.335 e. The fourth-order valence-corrected chi connectivity index (χ4v) is 3.40. The Morgan fingerprint density at radius 2 is 1.57 bits per heavy atom. The molecule has 3 rings (SSSR count). The minimum absolute atomic E-state index is 0.0213. The average Bonchev–Trinajstić information content (AvgIpc) is 2.48. The average molecular weight is 288 g/mol. The van der Waals surface area contributed by atoms with Gasteiger partial charge in [-0.1, -0.05) is 30.3 Å². The van der Waals surface area contributed by atoms with Crippen LogP contribution in [0.25, 0.3) is 0 Å². The normalized spacial score (nSPS) is 32.3. The van der Waals surface area contributed by atoms with E-state index in [-0.39, 0.29) is 36.2 Å². The molecule has 0 bridgehead atoms. The third kappa shape index (κ3) is 2.11. The van der Waals surface area contributed by atoms with Crippen molar-refractivity contribution in [3.05, 3.63) is 35.9 Å². The predicted octanol–water partition coefficient (Wildman–Crippen LogP) is 1.37. The van der Waals surface area contributed by atoms with Gasteiger partial charge < -0.3 is 20.4 Å². The van der Waals surface area contributed by atoms with Gasteiger partial charge in [-0.05, 0) is 12.5 Å². The maximum absolute atomic E-state index is 12.2. The van der Waals surface area contributed by atoms with Gasteiger partial charge in [0.25, 0.3) is 0 Å². The Bertz CT molecular complexity index is 562. The Morgan fingerprint density at radius 3 is 2.24 bits per heavy atom. The number of hydrogen-bond donors (Lipinski definition) is 2. The molecule has 0 saturated carbocycles. The van der Waals surface area contributed by atoms with Gasteiger partial charge in [0.15, 0.2) is 0 Å². The first kappa shape index (κ1) is 13.7. The van der Waals surface area contributed by atoms with Crippen molar-refractivity contribution in [3.63, 3.8) is 0 Å². The Labute approximate surface area is 124 Å². The smallest absolute Gasteiger partial charge is 0.319 e. The third-order valence-electron chi connectivity index (χ3n) is 4.55. The van der Waals surface area contributed by atoms with Crippen LogP contribution in [0.15, 0.2) is 30.3 Å². The molecule has 4 amide bonds. The van der Waals surface area contributed by atoms with Gasteiger partial charge in [-0.15, -0.1) is 0 Å². The molecule has 2 aliphatic heterocycles. The van der Waals surface area contributed by atoms with E-state index < -0.39 is 0 Å². The summed E-state index contributed by atoms with van der Waals surface area (Å²) in [6.45, 7) is 1.99. The highest BCUT2D eigenvalue weighted by atomic mass is 16.2. The zero-order chi connectivity index (χ0) is 15.1. The van der Waals surface area contributed by atoms with Crippen LogP contribution in [0.5, 0.6) is 0 Å². The second-order valence-electron chi connectivity index (χ2n) is 5.79. The lowest BCUT2D eigenvalue weighted by Crippen LogP contribution is -2.71. The van der Waals surface area contributed by atoms with Gasteiger partial charge in [-0.2, -0.15) is 0 Å². The first-order chi connectivity index (χ1) is 10.0. The van der Waals surface area contributed by atoms with E-state index in [0.29, 0.717) is 0 Å². The summed E-state index contributed by atoms with van der Waals surface area (Å²) in [5.41, 5.74) is 1.08. The summed E-state index contributed by atoms with van der Waals surface area (Å²) in [4.78, 5) is 27.5. The Kier molecular flexibility index (Phi) is 3.23. The van der Waals surface area contributed by atoms with Gasteiger partial charge in [-0.25, -0.2) is 9.59 Å². The van der Waals surface area contributed by atoms with Crippen LogP contribution in [0.2, 0.25) is 0 Å². The van der Waals surface area contributed by atoms with Crippen LogP contribution in [0.4, 0.5) is 9.59 Å². The maximum atomic E-state index is 12.2. The molecule has 2 heterocycles. The van der Waals surface area contributed by atoms with Crippen LogP contribution < -0.4 is 10.6 Å². The molecule has 2 aliphatic rings. The van der Waals surface area contributed by atoms with Gasteiger partial charge in [0, 0.05) is 26.1 Å². The number of urea groups is 2. The Balaban J connectivity index is 2.03. The molecular weight excluding hydrogens is 268 g/mol. The molecule has 2 fully saturated rings. The highest BCUT2D eigenvalue weighted by molar-refractivity contribution is 5.80. The first-order valence-corrected chi connectivity index (χ1v) is 7.12. The summed E-state index contributed by atoms with van der Waals surface area (Å²) in [6, 6.07) is 9.57. The summed E-state index contributed by atoms with van der Waals surface area (Å²) in [5, 5.41) is 5.90. The van der Waals surface area contributed by atoms with Crippen molar-refractivity contribution < 1.29 is 9.59 Å². The van der Waals surface area contributed by atoms with Crippen LogP contribution >= 0.6 is 0 Å². The number of hydrogen-bond acceptors (Lipinski definition) is 2. The number of carbonyl (C=O) groups is 2. The number of rotatable bonds is 1. The van der Waals surface area contributed by atoms with E-state index in [9.17, 15) is 9.59 Å². The predicted molar refractivity (Wildman–Crippen MR) is 78.5 cm³/mol. The number of carbonyl (C=O) groups excluding carboxylic acids is 2. The van der Waals surface area contributed by atoms with Crippen LogP contribution in [-0.2, 0) is 0 Å². The van der Waals surface area contributed by atoms with Gasteiger partial charge in [0.1, 0.15) is 6.17 Å². The quantitative estimate of drug-likeness (QED) is 0.819. The Morgan fingerprint density at radius 1 is 0.952 bits per heavy atom. The molecule has 0 aromatic heterocycles. The summed E-state index contributed by atoms with van der Waals surface area (Å²) >= 11 is 0. The summed E-state index contributed by atoms with van der Waals surface area (Å²) in [7, 11) is 3.51. The first-order valence-electron chi connectivity index (χ1n) is 7.12. The fraction of sp³-hybridized carbons (Fsp3) is 0.467. The molecule has 0 radical (unpaired) electrons. The van der Waals surface area contributed by atoms with Gasteiger partial charge in [0.05, 0.1) is 6.04 Å². The fourth-order valence-electron chi connectivity index (χ4n) is 3.40. The molecule has 0 unspecified atom stereocenters. The van der Waals surface area contributed by atoms with Gasteiger partial charge in [-0.3, -0.25) is 0 Å². The minimum atomic E-state index is -0.289. The molecule has 112 valence electrons. The molecule has 6 heteroatoms. The zero-order valence-corrected chi connectivity index (χ0v) is 12.4. The number of benzene rings is 1. The van der Waals surface area contributed by atoms with Gasteiger partial charge >= 0.3 is 12.1 Å². The van der Waals surface area contributed by atoms with E-state index in [0.717, 1.165) is 5.56 Å². The molecule has 2 saturated heterocycles. The molecule has 0 aliphatic carbocycles. The number of nitrogens with zero attached hydrogens (tertiary/aromatic N) is 2. The summed E-state index contributed by atoms with van der Waals surface area (Å²) in [6.07, 6.45) is -0.289. The van der Waals surface area contributed by atoms with Crippen molar-refractivity contribution in [2.45, 2.75) is 25.2 Å². The molecule has 1 aromatic carbocycles. The number of fused-ring (bicyclic) bond motifs is 1. The zero-order valence-electron chi connectivity index (χ0n) is 12.4. The standard InChI is InChI=1S/C15H20N4O2/c1-9-11-12(10-7-5-4-6-8-10)18(2)15(21)17-13(11)19(3)14(20)16-9/h4-9,11-13H,1-3H3,(H,16,20)(H,17,21)/t9-,11-,12+,13-/m0/s1. The van der Waals surface area contributed by atoms with E-state index in [1.807, 2.05) is 37.3 Å². The van der Waals surface area contributed by atoms with E-state index >= 15 is 0 Å². The van der Waals surface area contributed by atoms with Crippen molar-refractivity contribution in [2.75, 3.05) is 14.1 Å². The monoisotopic (exact) mass is 288 g/mol. The number of amides is 4. The van der Waals surface area contributed by atoms with Crippen molar-refractivity contribution >= 4 is 12.1 Å². The van der Waals surface area contributed by atoms with E-state index in [4.69, 9.17) is 0 Å². The Hall–Kier alpha value is -2.24. The largest absolute Gasteiger partial charge is 0.335 e. The van der Waals surface area contributed by atoms with E-state index in [1.165, 1.54) is 0 Å². The molecule has 6 nitrogen and oxygen atoms in total. The molecule has 2 N–H and O–H groups in total. The highest BCUT2D eigenvalue weighted by Gasteiger charge is 2.49. The second kappa shape index (κ2) is 4.95. The summed E-state index contributed by atoms with van der Waals surface area (Å²) < 4.78 is 0. The summed E-state index contributed by atoms with van der Waals surface area (Å²) in [5.74, 6) is 0.0813. The van der Waals surface area contributed by atoms with E-state index in [2.05, 4.69) is 10.6 Å². The highest BCUT2D eigenvalue weighted by Crippen LogP contribution is 2.38. The third-order valence-corrected chi connectivity index (χ3v) is 4.55. The van der Waals surface area contributed by atoms with Crippen molar-refractivity contribution in [1.82, 2.24) is 20.4 Å². The second-order valence-corrected chi connectivity index (χ2v) is 5.79. The van der Waals surface area contributed by atoms with Crippen molar-refractivity contribution in [1.29, 1.82) is 0 Å².